The normalized spacial score (nSPS) is 24.6. The van der Waals surface area contributed by atoms with Crippen LogP contribution < -0.4 is 5.73 Å². The lowest BCUT2D eigenvalue weighted by molar-refractivity contribution is 0.0990. The lowest BCUT2D eigenvalue weighted by atomic mass is 9.90. The molecular weight excluding hydrogens is 236 g/mol. The number of rotatable bonds is 5. The number of methoxy groups -OCH3 is 1. The Morgan fingerprint density at radius 1 is 1.37 bits per heavy atom. The van der Waals surface area contributed by atoms with Crippen molar-refractivity contribution in [1.29, 1.82) is 0 Å². The van der Waals surface area contributed by atoms with Crippen LogP contribution in [0.25, 0.3) is 0 Å². The van der Waals surface area contributed by atoms with Gasteiger partial charge < -0.3 is 10.5 Å². The fourth-order valence-corrected chi connectivity index (χ4v) is 3.13. The Balaban J connectivity index is 2.04. The van der Waals surface area contributed by atoms with E-state index in [1.54, 1.807) is 7.11 Å². The molecule has 1 fully saturated rings. The second-order valence-electron chi connectivity index (χ2n) is 5.65. The van der Waals surface area contributed by atoms with E-state index in [1.165, 1.54) is 30.5 Å². The summed E-state index contributed by atoms with van der Waals surface area (Å²) in [5.41, 5.74) is 8.56. The van der Waals surface area contributed by atoms with Crippen LogP contribution in [0.1, 0.15) is 30.9 Å². The van der Waals surface area contributed by atoms with Gasteiger partial charge in [0, 0.05) is 26.2 Å². The maximum Gasteiger partial charge on any atom is 0.0713 e. The van der Waals surface area contributed by atoms with E-state index in [0.29, 0.717) is 18.6 Å². The first-order valence-electron chi connectivity index (χ1n) is 7.25. The van der Waals surface area contributed by atoms with Crippen molar-refractivity contribution < 1.29 is 4.74 Å². The molecule has 1 aliphatic heterocycles. The van der Waals surface area contributed by atoms with Gasteiger partial charge in [-0.15, -0.1) is 0 Å². The molecule has 2 rings (SSSR count). The van der Waals surface area contributed by atoms with E-state index < -0.39 is 0 Å². The maximum absolute atomic E-state index is 5.95. The molecule has 0 saturated carbocycles. The van der Waals surface area contributed by atoms with Crippen molar-refractivity contribution in [2.24, 2.45) is 11.7 Å². The highest BCUT2D eigenvalue weighted by Crippen LogP contribution is 2.24. The summed E-state index contributed by atoms with van der Waals surface area (Å²) in [7, 11) is 1.74. The number of piperidine rings is 1. The average Bonchev–Trinajstić information content (AvgIpc) is 2.40. The lowest BCUT2D eigenvalue weighted by Crippen LogP contribution is -2.48. The number of hydrogen-bond acceptors (Lipinski definition) is 3. The molecule has 1 saturated heterocycles. The van der Waals surface area contributed by atoms with Crippen molar-refractivity contribution in [3.05, 3.63) is 35.4 Å². The third kappa shape index (κ3) is 3.78. The number of nitrogens with zero attached hydrogens (tertiary/aromatic N) is 1. The Kier molecular flexibility index (Phi) is 5.37. The predicted molar refractivity (Wildman–Crippen MR) is 78.8 cm³/mol. The molecule has 1 aromatic rings. The van der Waals surface area contributed by atoms with Gasteiger partial charge in [-0.25, -0.2) is 0 Å². The Morgan fingerprint density at radius 3 is 2.89 bits per heavy atom. The molecule has 0 bridgehead atoms. The molecule has 19 heavy (non-hydrogen) atoms. The topological polar surface area (TPSA) is 38.5 Å². The minimum atomic E-state index is 0.528. The molecule has 2 N–H and O–H groups in total. The van der Waals surface area contributed by atoms with Crippen LogP contribution in [-0.2, 0) is 17.9 Å². The summed E-state index contributed by atoms with van der Waals surface area (Å²) in [6, 6.07) is 9.21. The molecule has 0 spiro atoms. The minimum Gasteiger partial charge on any atom is -0.380 e. The summed E-state index contributed by atoms with van der Waals surface area (Å²) in [5.74, 6) is 0.709. The summed E-state index contributed by atoms with van der Waals surface area (Å²) in [5, 5.41) is 0. The second-order valence-corrected chi connectivity index (χ2v) is 5.65. The van der Waals surface area contributed by atoms with Crippen molar-refractivity contribution in [1.82, 2.24) is 4.90 Å². The molecule has 0 radical (unpaired) electrons. The molecular formula is C16H26N2O. The molecule has 2 unspecified atom stereocenters. The maximum atomic E-state index is 5.95. The molecule has 1 aliphatic rings. The van der Waals surface area contributed by atoms with Gasteiger partial charge in [-0.3, -0.25) is 4.90 Å². The third-order valence-corrected chi connectivity index (χ3v) is 4.16. The fourth-order valence-electron chi connectivity index (χ4n) is 3.13. The van der Waals surface area contributed by atoms with Gasteiger partial charge in [0.2, 0.25) is 0 Å². The van der Waals surface area contributed by atoms with E-state index in [9.17, 15) is 0 Å². The van der Waals surface area contributed by atoms with Crippen LogP contribution in [0.5, 0.6) is 0 Å². The first-order chi connectivity index (χ1) is 9.24. The van der Waals surface area contributed by atoms with Crippen molar-refractivity contribution in [2.75, 3.05) is 20.2 Å². The van der Waals surface area contributed by atoms with Gasteiger partial charge in [0.1, 0.15) is 0 Å². The lowest BCUT2D eigenvalue weighted by Gasteiger charge is -2.39. The Bertz CT molecular complexity index is 394. The average molecular weight is 262 g/mol. The number of ether oxygens (including phenoxy) is 1. The SMILES string of the molecule is COCc1cccc(CN2CCCC(C)C2CN)c1. The summed E-state index contributed by atoms with van der Waals surface area (Å²) < 4.78 is 5.20. The quantitative estimate of drug-likeness (QED) is 0.885. The van der Waals surface area contributed by atoms with Crippen LogP contribution in [0.2, 0.25) is 0 Å². The van der Waals surface area contributed by atoms with E-state index >= 15 is 0 Å². The highest BCUT2D eigenvalue weighted by molar-refractivity contribution is 5.23. The van der Waals surface area contributed by atoms with Crippen molar-refractivity contribution in [3.8, 4) is 0 Å². The first-order valence-corrected chi connectivity index (χ1v) is 7.25. The molecule has 1 heterocycles. The molecule has 0 aliphatic carbocycles. The van der Waals surface area contributed by atoms with Crippen molar-refractivity contribution >= 4 is 0 Å². The molecule has 3 heteroatoms. The second kappa shape index (κ2) is 7.04. The zero-order chi connectivity index (χ0) is 13.7. The van der Waals surface area contributed by atoms with Crippen LogP contribution in [0, 0.1) is 5.92 Å². The zero-order valence-corrected chi connectivity index (χ0v) is 12.1. The van der Waals surface area contributed by atoms with Crippen LogP contribution in [0.3, 0.4) is 0 Å². The monoisotopic (exact) mass is 262 g/mol. The highest BCUT2D eigenvalue weighted by atomic mass is 16.5. The van der Waals surface area contributed by atoms with Crippen molar-refractivity contribution in [2.45, 2.75) is 39.0 Å². The smallest absolute Gasteiger partial charge is 0.0713 e. The van der Waals surface area contributed by atoms with E-state index in [4.69, 9.17) is 10.5 Å². The molecule has 2 atom stereocenters. The van der Waals surface area contributed by atoms with Gasteiger partial charge >= 0.3 is 0 Å². The number of nitrogens with two attached hydrogens (primary N) is 1. The largest absolute Gasteiger partial charge is 0.380 e. The standard InChI is InChI=1S/C16H26N2O/c1-13-5-4-8-18(16(13)10-17)11-14-6-3-7-15(9-14)12-19-2/h3,6-7,9,13,16H,4-5,8,10-12,17H2,1-2H3. The van der Waals surface area contributed by atoms with Gasteiger partial charge in [-0.1, -0.05) is 31.2 Å². The molecule has 106 valence electrons. The zero-order valence-electron chi connectivity index (χ0n) is 12.1. The Morgan fingerprint density at radius 2 is 2.16 bits per heavy atom. The number of benzene rings is 1. The third-order valence-electron chi connectivity index (χ3n) is 4.16. The van der Waals surface area contributed by atoms with E-state index in [1.807, 2.05) is 0 Å². The molecule has 1 aromatic carbocycles. The van der Waals surface area contributed by atoms with E-state index in [0.717, 1.165) is 13.1 Å². The van der Waals surface area contributed by atoms with Crippen LogP contribution in [-0.4, -0.2) is 31.1 Å². The highest BCUT2D eigenvalue weighted by Gasteiger charge is 2.27. The van der Waals surface area contributed by atoms with Crippen LogP contribution >= 0.6 is 0 Å². The Labute approximate surface area is 116 Å². The summed E-state index contributed by atoms with van der Waals surface area (Å²) in [4.78, 5) is 2.54. The van der Waals surface area contributed by atoms with Gasteiger partial charge in [-0.05, 0) is 36.4 Å². The summed E-state index contributed by atoms with van der Waals surface area (Å²) >= 11 is 0. The Hall–Kier alpha value is -0.900. The minimum absolute atomic E-state index is 0.528. The molecule has 3 nitrogen and oxygen atoms in total. The van der Waals surface area contributed by atoms with Crippen molar-refractivity contribution in [3.63, 3.8) is 0 Å². The van der Waals surface area contributed by atoms with E-state index in [-0.39, 0.29) is 0 Å². The summed E-state index contributed by atoms with van der Waals surface area (Å²) in [6.45, 7) is 5.94. The molecule has 0 aromatic heterocycles. The summed E-state index contributed by atoms with van der Waals surface area (Å²) in [6.07, 6.45) is 2.59. The fraction of sp³-hybridized carbons (Fsp3) is 0.625. The van der Waals surface area contributed by atoms with Gasteiger partial charge in [0.05, 0.1) is 6.61 Å². The van der Waals surface area contributed by atoms with Gasteiger partial charge in [0.15, 0.2) is 0 Å². The number of hydrogen-bond donors (Lipinski definition) is 1. The van der Waals surface area contributed by atoms with Gasteiger partial charge in [0.25, 0.3) is 0 Å². The molecule has 0 amide bonds. The number of likely N-dealkylation sites (tertiary alicyclic amines) is 1. The van der Waals surface area contributed by atoms with E-state index in [2.05, 4.69) is 36.1 Å². The first kappa shape index (κ1) is 14.5. The predicted octanol–water partition coefficient (Wildman–Crippen LogP) is 2.39. The van der Waals surface area contributed by atoms with Crippen LogP contribution in [0.15, 0.2) is 24.3 Å². The van der Waals surface area contributed by atoms with Crippen LogP contribution in [0.4, 0.5) is 0 Å². The van der Waals surface area contributed by atoms with Gasteiger partial charge in [-0.2, -0.15) is 0 Å².